The lowest BCUT2D eigenvalue weighted by atomic mass is 9.84. The van der Waals surface area contributed by atoms with Crippen LogP contribution in [0.4, 0.5) is 0 Å². The predicted molar refractivity (Wildman–Crippen MR) is 132 cm³/mol. The summed E-state index contributed by atoms with van der Waals surface area (Å²) in [6, 6.07) is 4.31. The Morgan fingerprint density at radius 3 is 2.72 bits per heavy atom. The lowest BCUT2D eigenvalue weighted by molar-refractivity contribution is -0.126. The number of amides is 1. The van der Waals surface area contributed by atoms with Crippen LogP contribution in [0.1, 0.15) is 59.1 Å². The summed E-state index contributed by atoms with van der Waals surface area (Å²) in [4.78, 5) is 20.4. The van der Waals surface area contributed by atoms with Crippen LogP contribution in [-0.2, 0) is 15.1 Å². The van der Waals surface area contributed by atoms with Crippen molar-refractivity contribution in [1.82, 2.24) is 9.47 Å². The van der Waals surface area contributed by atoms with Crippen molar-refractivity contribution < 1.29 is 9.53 Å². The van der Waals surface area contributed by atoms with Crippen LogP contribution in [0.5, 0.6) is 0 Å². The summed E-state index contributed by atoms with van der Waals surface area (Å²) >= 11 is 0. The number of nitrogens with zero attached hydrogens (tertiary/aromatic N) is 3. The van der Waals surface area contributed by atoms with Crippen LogP contribution in [0.15, 0.2) is 65.5 Å². The van der Waals surface area contributed by atoms with E-state index in [1.165, 1.54) is 17.1 Å². The Morgan fingerprint density at radius 1 is 1.28 bits per heavy atom. The molecule has 0 aromatic carbocycles. The second-order valence-electron chi connectivity index (χ2n) is 9.02. The predicted octanol–water partition coefficient (Wildman–Crippen LogP) is 5.72. The molecular formula is C27H37N3O2. The molecule has 2 aliphatic rings. The van der Waals surface area contributed by atoms with E-state index >= 15 is 0 Å². The van der Waals surface area contributed by atoms with Crippen molar-refractivity contribution >= 4 is 17.3 Å². The van der Waals surface area contributed by atoms with Crippen molar-refractivity contribution in [2.24, 2.45) is 10.9 Å². The van der Waals surface area contributed by atoms with Crippen LogP contribution in [0.25, 0.3) is 5.70 Å². The number of allylic oxidation sites excluding steroid dienone is 4. The summed E-state index contributed by atoms with van der Waals surface area (Å²) in [7, 11) is 1.62. The molecule has 0 aliphatic carbocycles. The van der Waals surface area contributed by atoms with E-state index in [0.29, 0.717) is 23.8 Å². The third-order valence-electron chi connectivity index (χ3n) is 6.35. The molecule has 1 amide bonds. The second kappa shape index (κ2) is 10.2. The standard InChI is InChI=1S/C27H37N3O2/c1-7-22(32-6)13-12-21(5)26(31)29-16-10-14-27(15-18-29)25-11-9-17-30(25)24(8-2)23(28-27)19-20(3)4/h7-9,11-13,17,20H,5,10,14-16,18-19H2,1-4,6H3/b13-12?,22-7?,24-8+. The van der Waals surface area contributed by atoms with Gasteiger partial charge in [-0.25, -0.2) is 0 Å². The van der Waals surface area contributed by atoms with E-state index in [4.69, 9.17) is 9.73 Å². The topological polar surface area (TPSA) is 46.8 Å². The number of carbonyl (C=O) groups is 1. The highest BCUT2D eigenvalue weighted by Gasteiger charge is 2.41. The first-order valence-corrected chi connectivity index (χ1v) is 11.7. The molecule has 0 saturated carbocycles. The fraction of sp³-hybridized carbons (Fsp3) is 0.481. The SMILES string of the molecule is C=C(C=CC(=CC)OC)C(=O)N1CCCC2(CC1)N=C(CC(C)C)/C(=C\C)n1cccc12. The van der Waals surface area contributed by atoms with Gasteiger partial charge in [0.2, 0.25) is 0 Å². The average Bonchev–Trinajstić information content (AvgIpc) is 3.17. The molecule has 0 N–H and O–H groups in total. The van der Waals surface area contributed by atoms with E-state index in [9.17, 15) is 4.79 Å². The maximum Gasteiger partial charge on any atom is 0.253 e. The molecule has 3 heterocycles. The zero-order valence-corrected chi connectivity index (χ0v) is 20.2. The summed E-state index contributed by atoms with van der Waals surface area (Å²) in [6.07, 6.45) is 13.3. The zero-order valence-electron chi connectivity index (χ0n) is 20.2. The number of aliphatic imine (C=N–C) groups is 1. The first kappa shape index (κ1) is 23.8. The number of fused-ring (bicyclic) bond motifs is 2. The Bertz CT molecular complexity index is 977. The van der Waals surface area contributed by atoms with Crippen molar-refractivity contribution in [3.05, 3.63) is 66.2 Å². The summed E-state index contributed by atoms with van der Waals surface area (Å²) in [5.41, 5.74) is 3.81. The molecule has 1 aromatic rings. The van der Waals surface area contributed by atoms with Crippen LogP contribution in [0.2, 0.25) is 0 Å². The van der Waals surface area contributed by atoms with Gasteiger partial charge >= 0.3 is 0 Å². The van der Waals surface area contributed by atoms with Gasteiger partial charge < -0.3 is 14.2 Å². The third-order valence-corrected chi connectivity index (χ3v) is 6.35. The minimum absolute atomic E-state index is 0.0171. The molecule has 1 atom stereocenters. The van der Waals surface area contributed by atoms with E-state index in [1.807, 2.05) is 17.9 Å². The summed E-state index contributed by atoms with van der Waals surface area (Å²) in [6.45, 7) is 13.9. The van der Waals surface area contributed by atoms with Gasteiger partial charge in [0.25, 0.3) is 5.91 Å². The Labute approximate surface area is 192 Å². The lowest BCUT2D eigenvalue weighted by Crippen LogP contribution is -2.36. The van der Waals surface area contributed by atoms with Crippen molar-refractivity contribution in [1.29, 1.82) is 0 Å². The number of aromatic nitrogens is 1. The largest absolute Gasteiger partial charge is 0.497 e. The molecule has 1 unspecified atom stereocenters. The molecule has 1 fully saturated rings. The smallest absolute Gasteiger partial charge is 0.253 e. The number of rotatable bonds is 6. The minimum Gasteiger partial charge on any atom is -0.497 e. The molecule has 32 heavy (non-hydrogen) atoms. The highest BCUT2D eigenvalue weighted by atomic mass is 16.5. The van der Waals surface area contributed by atoms with Gasteiger partial charge in [-0.15, -0.1) is 0 Å². The number of hydrogen-bond acceptors (Lipinski definition) is 3. The molecule has 0 bridgehead atoms. The molecule has 5 nitrogen and oxygen atoms in total. The maximum absolute atomic E-state index is 13.1. The Hall–Kier alpha value is -2.82. The van der Waals surface area contributed by atoms with Crippen molar-refractivity contribution in [3.8, 4) is 0 Å². The maximum atomic E-state index is 13.1. The molecule has 5 heteroatoms. The van der Waals surface area contributed by atoms with Gasteiger partial charge in [-0.05, 0) is 75.8 Å². The zero-order chi connectivity index (χ0) is 23.3. The van der Waals surface area contributed by atoms with Crippen LogP contribution in [-0.4, -0.2) is 41.3 Å². The number of methoxy groups -OCH3 is 1. The van der Waals surface area contributed by atoms with E-state index in [1.54, 1.807) is 19.3 Å². The molecule has 1 aromatic heterocycles. The fourth-order valence-corrected chi connectivity index (χ4v) is 4.75. The molecule has 3 rings (SSSR count). The number of ether oxygens (including phenoxy) is 1. The summed E-state index contributed by atoms with van der Waals surface area (Å²) < 4.78 is 7.55. The summed E-state index contributed by atoms with van der Waals surface area (Å²) in [5, 5.41) is 0. The van der Waals surface area contributed by atoms with E-state index in [2.05, 4.69) is 56.3 Å². The second-order valence-corrected chi connectivity index (χ2v) is 9.02. The summed E-state index contributed by atoms with van der Waals surface area (Å²) in [5.74, 6) is 1.23. The van der Waals surface area contributed by atoms with Crippen molar-refractivity contribution in [2.45, 2.75) is 58.9 Å². The number of carbonyl (C=O) groups excluding carboxylic acids is 1. The lowest BCUT2D eigenvalue weighted by Gasteiger charge is -2.37. The highest BCUT2D eigenvalue weighted by molar-refractivity contribution is 6.19. The first-order valence-electron chi connectivity index (χ1n) is 11.7. The van der Waals surface area contributed by atoms with E-state index in [0.717, 1.165) is 32.2 Å². The Kier molecular flexibility index (Phi) is 7.60. The molecule has 0 radical (unpaired) electrons. The fourth-order valence-electron chi connectivity index (χ4n) is 4.75. The third kappa shape index (κ3) is 4.82. The van der Waals surface area contributed by atoms with Crippen LogP contribution in [0, 0.1) is 5.92 Å². The number of hydrogen-bond donors (Lipinski definition) is 0. The van der Waals surface area contributed by atoms with Crippen LogP contribution < -0.4 is 0 Å². The van der Waals surface area contributed by atoms with Crippen LogP contribution >= 0.6 is 0 Å². The van der Waals surface area contributed by atoms with Gasteiger partial charge in [0.1, 0.15) is 11.3 Å². The Morgan fingerprint density at radius 2 is 2.06 bits per heavy atom. The normalized spacial score (nSPS) is 22.9. The van der Waals surface area contributed by atoms with E-state index < -0.39 is 0 Å². The molecule has 2 aliphatic heterocycles. The molecular weight excluding hydrogens is 398 g/mol. The molecule has 1 saturated heterocycles. The van der Waals surface area contributed by atoms with Gasteiger partial charge in [0.05, 0.1) is 24.2 Å². The molecule has 172 valence electrons. The van der Waals surface area contributed by atoms with Gasteiger partial charge in [0, 0.05) is 24.9 Å². The first-order chi connectivity index (χ1) is 15.3. The van der Waals surface area contributed by atoms with Gasteiger partial charge in [-0.2, -0.15) is 0 Å². The minimum atomic E-state index is -0.277. The van der Waals surface area contributed by atoms with Crippen LogP contribution in [0.3, 0.4) is 0 Å². The van der Waals surface area contributed by atoms with Crippen molar-refractivity contribution in [2.75, 3.05) is 20.2 Å². The Balaban J connectivity index is 1.84. The monoisotopic (exact) mass is 435 g/mol. The molecule has 1 spiro atoms. The quantitative estimate of drug-likeness (QED) is 0.326. The number of likely N-dealkylation sites (tertiary alicyclic amines) is 1. The van der Waals surface area contributed by atoms with Gasteiger partial charge in [-0.3, -0.25) is 9.79 Å². The average molecular weight is 436 g/mol. The van der Waals surface area contributed by atoms with E-state index in [-0.39, 0.29) is 11.4 Å². The van der Waals surface area contributed by atoms with Gasteiger partial charge in [0.15, 0.2) is 0 Å². The van der Waals surface area contributed by atoms with Crippen molar-refractivity contribution in [3.63, 3.8) is 0 Å². The van der Waals surface area contributed by atoms with Gasteiger partial charge in [-0.1, -0.05) is 26.5 Å². The highest BCUT2D eigenvalue weighted by Crippen LogP contribution is 2.42.